The Hall–Kier alpha value is -3.13. The summed E-state index contributed by atoms with van der Waals surface area (Å²) in [6.45, 7) is 6.06. The van der Waals surface area contributed by atoms with Gasteiger partial charge in [-0.3, -0.25) is 0 Å². The second kappa shape index (κ2) is 5.82. The Balaban J connectivity index is 1.63. The first kappa shape index (κ1) is 14.5. The van der Waals surface area contributed by atoms with Crippen LogP contribution in [0.2, 0.25) is 0 Å². The first-order valence-electron chi connectivity index (χ1n) is 7.98. The average Bonchev–Trinajstić information content (AvgIpc) is 3.03. The molecule has 0 radical (unpaired) electrons. The van der Waals surface area contributed by atoms with Gasteiger partial charge in [-0.2, -0.15) is 0 Å². The third-order valence-electron chi connectivity index (χ3n) is 4.23. The number of fused-ring (bicyclic) bond motifs is 1. The van der Waals surface area contributed by atoms with Gasteiger partial charge < -0.3 is 4.42 Å². The lowest BCUT2D eigenvalue weighted by molar-refractivity contribution is -0.351. The van der Waals surface area contributed by atoms with Crippen LogP contribution in [0.25, 0.3) is 22.3 Å². The highest BCUT2D eigenvalue weighted by atomic mass is 16.3. The first-order chi connectivity index (χ1) is 11.7. The van der Waals surface area contributed by atoms with Gasteiger partial charge in [-0.25, -0.2) is 4.99 Å². The van der Waals surface area contributed by atoms with E-state index < -0.39 is 0 Å². The molecule has 1 aliphatic rings. The van der Waals surface area contributed by atoms with E-state index in [1.807, 2.05) is 30.4 Å². The first-order valence-corrected chi connectivity index (χ1v) is 7.98. The lowest BCUT2D eigenvalue weighted by Gasteiger charge is -2.03. The molecule has 0 fully saturated rings. The Bertz CT molecular complexity index is 981. The molecule has 1 heterocycles. The third-order valence-corrected chi connectivity index (χ3v) is 4.23. The van der Waals surface area contributed by atoms with Gasteiger partial charge in [0.2, 0.25) is 11.4 Å². The smallest absolute Gasteiger partial charge is 0.204 e. The molecular formula is C22H18NO+. The number of allylic oxidation sites excluding steroid dienone is 5. The second-order valence-electron chi connectivity index (χ2n) is 5.99. The molecule has 0 amide bonds. The molecule has 0 bridgehead atoms. The zero-order valence-electron chi connectivity index (χ0n) is 13.5. The van der Waals surface area contributed by atoms with Crippen molar-refractivity contribution in [2.45, 2.75) is 6.92 Å². The van der Waals surface area contributed by atoms with Gasteiger partial charge in [0.25, 0.3) is 0 Å². The maximum absolute atomic E-state index is 5.91. The van der Waals surface area contributed by atoms with Crippen LogP contribution in [0.4, 0.5) is 5.69 Å². The maximum Gasteiger partial charge on any atom is 0.204 e. The van der Waals surface area contributed by atoms with E-state index in [1.165, 1.54) is 5.57 Å². The maximum atomic E-state index is 5.91. The van der Waals surface area contributed by atoms with Crippen LogP contribution in [-0.4, -0.2) is 5.71 Å². The van der Waals surface area contributed by atoms with Crippen LogP contribution in [0.3, 0.4) is 0 Å². The molecule has 0 spiro atoms. The highest BCUT2D eigenvalue weighted by molar-refractivity contribution is 6.03. The Labute approximate surface area is 141 Å². The fourth-order valence-electron chi connectivity index (χ4n) is 2.78. The molecule has 3 aromatic rings. The van der Waals surface area contributed by atoms with Crippen molar-refractivity contribution >= 4 is 22.4 Å². The van der Waals surface area contributed by atoms with Crippen LogP contribution in [0.1, 0.15) is 6.92 Å². The highest BCUT2D eigenvalue weighted by Gasteiger charge is 2.09. The van der Waals surface area contributed by atoms with Gasteiger partial charge in [-0.05, 0) is 48.4 Å². The zero-order valence-corrected chi connectivity index (χ0v) is 13.5. The van der Waals surface area contributed by atoms with Crippen LogP contribution in [-0.2, 0) is 0 Å². The molecular weight excluding hydrogens is 294 g/mol. The predicted molar refractivity (Wildman–Crippen MR) is 99.3 cm³/mol. The molecule has 24 heavy (non-hydrogen) atoms. The summed E-state index contributed by atoms with van der Waals surface area (Å²) in [6.07, 6.45) is 6.18. The summed E-state index contributed by atoms with van der Waals surface area (Å²) in [5.74, 6) is 0.889. The third kappa shape index (κ3) is 2.74. The van der Waals surface area contributed by atoms with E-state index in [4.69, 9.17) is 4.42 Å². The van der Waals surface area contributed by atoms with Crippen molar-refractivity contribution < 1.29 is 9.41 Å². The topological polar surface area (TPSA) is 27.1 Å². The molecule has 0 aliphatic heterocycles. The van der Waals surface area contributed by atoms with Crippen molar-refractivity contribution in [3.63, 3.8) is 0 Å². The molecule has 2 heteroatoms. The van der Waals surface area contributed by atoms with Crippen LogP contribution in [0.5, 0.6) is 0 Å². The van der Waals surface area contributed by atoms with E-state index in [1.54, 1.807) is 0 Å². The summed E-state index contributed by atoms with van der Waals surface area (Å²) in [6, 6.07) is 18.4. The minimum absolute atomic E-state index is 0.889. The lowest BCUT2D eigenvalue weighted by Crippen LogP contribution is -2.65. The number of para-hydroxylation sites is 1. The summed E-state index contributed by atoms with van der Waals surface area (Å²) in [5, 5.41) is 1.12. The Morgan fingerprint density at radius 2 is 1.75 bits per heavy atom. The Morgan fingerprint density at radius 1 is 0.958 bits per heavy atom. The molecule has 0 saturated carbocycles. The highest BCUT2D eigenvalue weighted by Crippen LogP contribution is 2.27. The van der Waals surface area contributed by atoms with Crippen LogP contribution in [0.15, 0.2) is 95.0 Å². The van der Waals surface area contributed by atoms with E-state index in [-0.39, 0.29) is 0 Å². The van der Waals surface area contributed by atoms with Crippen molar-refractivity contribution in [3.8, 4) is 11.3 Å². The quantitative estimate of drug-likeness (QED) is 0.749. The molecule has 116 valence electrons. The summed E-state index contributed by atoms with van der Waals surface area (Å²) in [4.78, 5) is 3.42. The summed E-state index contributed by atoms with van der Waals surface area (Å²) in [7, 11) is 0. The number of benzene rings is 2. The molecule has 0 saturated heterocycles. The second-order valence-corrected chi connectivity index (χ2v) is 5.99. The number of hydrogen-bond acceptors (Lipinski definition) is 1. The van der Waals surface area contributed by atoms with E-state index in [2.05, 4.69) is 61.0 Å². The van der Waals surface area contributed by atoms with E-state index in [9.17, 15) is 0 Å². The molecule has 0 atom stereocenters. The van der Waals surface area contributed by atoms with Gasteiger partial charge in [-0.15, -0.1) is 0 Å². The van der Waals surface area contributed by atoms with Gasteiger partial charge in [0, 0.05) is 35.2 Å². The molecule has 2 nitrogen and oxygen atoms in total. The minimum atomic E-state index is 0.889. The zero-order chi connectivity index (χ0) is 16.5. The predicted octanol–water partition coefficient (Wildman–Crippen LogP) is 4.33. The Kier molecular flexibility index (Phi) is 3.51. The largest absolute Gasteiger partial charge is 0.456 e. The number of nitrogens with one attached hydrogen (secondary N) is 1. The van der Waals surface area contributed by atoms with Crippen molar-refractivity contribution in [2.75, 3.05) is 0 Å². The van der Waals surface area contributed by atoms with Crippen molar-refractivity contribution in [3.05, 3.63) is 90.6 Å². The number of hydrogen-bond donors (Lipinski definition) is 1. The van der Waals surface area contributed by atoms with Crippen molar-refractivity contribution in [1.82, 2.24) is 0 Å². The number of rotatable bonds is 2. The van der Waals surface area contributed by atoms with Gasteiger partial charge in [-0.1, -0.05) is 24.8 Å². The molecule has 4 rings (SSSR count). The van der Waals surface area contributed by atoms with Gasteiger partial charge in [0.05, 0.1) is 0 Å². The standard InChI is InChI=1S/C22H17NO/c1-15-7-10-20(13-16(15)2)23-19-11-8-17(9-12-19)22-14-18-5-3-4-6-21(18)24-22/h3-14H,1H2,2H3/p+1. The summed E-state index contributed by atoms with van der Waals surface area (Å²) >= 11 is 0. The normalized spacial score (nSPS) is 16.0. The number of furan rings is 1. The summed E-state index contributed by atoms with van der Waals surface area (Å²) < 4.78 is 5.91. The van der Waals surface area contributed by atoms with Crippen LogP contribution >= 0.6 is 0 Å². The fraction of sp³-hybridized carbons (Fsp3) is 0.0455. The van der Waals surface area contributed by atoms with E-state index in [0.29, 0.717) is 0 Å². The fourth-order valence-corrected chi connectivity index (χ4v) is 2.78. The lowest BCUT2D eigenvalue weighted by atomic mass is 10.0. The summed E-state index contributed by atoms with van der Waals surface area (Å²) in [5.41, 5.74) is 6.33. The van der Waals surface area contributed by atoms with Crippen LogP contribution in [0, 0.1) is 0 Å². The van der Waals surface area contributed by atoms with Gasteiger partial charge in [0.1, 0.15) is 11.3 Å². The van der Waals surface area contributed by atoms with Crippen LogP contribution < -0.4 is 4.99 Å². The van der Waals surface area contributed by atoms with Crippen molar-refractivity contribution in [2.24, 2.45) is 0 Å². The monoisotopic (exact) mass is 312 g/mol. The molecule has 2 aromatic carbocycles. The van der Waals surface area contributed by atoms with Gasteiger partial charge in [0.15, 0.2) is 0 Å². The molecule has 1 aromatic heterocycles. The van der Waals surface area contributed by atoms with Gasteiger partial charge >= 0.3 is 0 Å². The molecule has 1 aliphatic carbocycles. The Morgan fingerprint density at radius 3 is 2.50 bits per heavy atom. The van der Waals surface area contributed by atoms with E-state index in [0.717, 1.165) is 39.3 Å². The minimum Gasteiger partial charge on any atom is -0.456 e. The molecule has 1 N–H and O–H groups in total. The van der Waals surface area contributed by atoms with Crippen molar-refractivity contribution in [1.29, 1.82) is 0 Å². The molecule has 0 unspecified atom stereocenters. The average molecular weight is 312 g/mol. The SMILES string of the molecule is C=C1C=CC(=[NH+]c2ccc(-c3cc4ccccc4o3)cc2)C=C1C. The van der Waals surface area contributed by atoms with E-state index >= 15 is 0 Å².